The molecule has 1 aromatic carbocycles. The predicted octanol–water partition coefficient (Wildman–Crippen LogP) is 1.50. The van der Waals surface area contributed by atoms with E-state index in [1.54, 1.807) is 24.3 Å². The Kier molecular flexibility index (Phi) is 3.88. The van der Waals surface area contributed by atoms with E-state index in [1.165, 1.54) is 18.1 Å². The van der Waals surface area contributed by atoms with Gasteiger partial charge < -0.3 is 20.1 Å². The standard InChI is InChI=1S/C16H17N3O5/c1-9-8-18-13(16(20)21)7-12(14(19(22)23)15(18)17-9)10-3-5-11(24-2)6-4-10/h3-7,9,12,17H,8H2,1-2H3,(H,20,21)/t9-,12?/m0/s1. The van der Waals surface area contributed by atoms with Gasteiger partial charge >= 0.3 is 5.97 Å². The zero-order valence-electron chi connectivity index (χ0n) is 13.2. The van der Waals surface area contributed by atoms with Crippen molar-refractivity contribution >= 4 is 5.97 Å². The van der Waals surface area contributed by atoms with Crippen molar-refractivity contribution in [2.45, 2.75) is 18.9 Å². The first-order valence-electron chi connectivity index (χ1n) is 7.44. The summed E-state index contributed by atoms with van der Waals surface area (Å²) in [6, 6.07) is 6.73. The normalized spacial score (nSPS) is 22.6. The molecule has 2 heterocycles. The number of fused-ring (bicyclic) bond motifs is 1. The summed E-state index contributed by atoms with van der Waals surface area (Å²) in [7, 11) is 1.53. The van der Waals surface area contributed by atoms with Crippen molar-refractivity contribution in [3.05, 3.63) is 63.2 Å². The number of nitro groups is 1. The molecule has 0 radical (unpaired) electrons. The molecule has 0 bridgehead atoms. The van der Waals surface area contributed by atoms with Gasteiger partial charge in [-0.1, -0.05) is 12.1 Å². The number of carboxylic acid groups (broad SMARTS) is 1. The first-order chi connectivity index (χ1) is 11.4. The Labute approximate surface area is 138 Å². The fourth-order valence-corrected chi connectivity index (χ4v) is 3.08. The lowest BCUT2D eigenvalue weighted by molar-refractivity contribution is -0.431. The second-order valence-electron chi connectivity index (χ2n) is 5.75. The van der Waals surface area contributed by atoms with Gasteiger partial charge in [0, 0.05) is 12.6 Å². The van der Waals surface area contributed by atoms with Crippen LogP contribution in [-0.2, 0) is 4.79 Å². The first kappa shape index (κ1) is 15.9. The third kappa shape index (κ3) is 2.55. The van der Waals surface area contributed by atoms with E-state index >= 15 is 0 Å². The molecule has 126 valence electrons. The van der Waals surface area contributed by atoms with Crippen molar-refractivity contribution < 1.29 is 19.6 Å². The van der Waals surface area contributed by atoms with Gasteiger partial charge in [0.05, 0.1) is 18.0 Å². The molecule has 2 aliphatic heterocycles. The van der Waals surface area contributed by atoms with Crippen LogP contribution in [0.15, 0.2) is 47.6 Å². The van der Waals surface area contributed by atoms with Gasteiger partial charge in [0.1, 0.15) is 11.4 Å². The number of methoxy groups -OCH3 is 1. The third-order valence-electron chi connectivity index (χ3n) is 4.15. The number of carboxylic acids is 1. The number of rotatable bonds is 4. The van der Waals surface area contributed by atoms with Gasteiger partial charge in [0.2, 0.25) is 0 Å². The molecule has 1 saturated heterocycles. The van der Waals surface area contributed by atoms with Crippen molar-refractivity contribution in [2.24, 2.45) is 0 Å². The van der Waals surface area contributed by atoms with Crippen LogP contribution < -0.4 is 10.1 Å². The van der Waals surface area contributed by atoms with Crippen LogP contribution in [0.1, 0.15) is 18.4 Å². The van der Waals surface area contributed by atoms with Crippen LogP contribution in [0.5, 0.6) is 5.75 Å². The average molecular weight is 331 g/mol. The Hall–Kier alpha value is -3.03. The number of hydrogen-bond acceptors (Lipinski definition) is 6. The van der Waals surface area contributed by atoms with E-state index in [-0.39, 0.29) is 23.3 Å². The molecule has 8 nitrogen and oxygen atoms in total. The monoisotopic (exact) mass is 331 g/mol. The summed E-state index contributed by atoms with van der Waals surface area (Å²) >= 11 is 0. The second kappa shape index (κ2) is 5.88. The van der Waals surface area contributed by atoms with Crippen molar-refractivity contribution in [2.75, 3.05) is 13.7 Å². The lowest BCUT2D eigenvalue weighted by Gasteiger charge is -2.27. The Morgan fingerprint density at radius 1 is 1.42 bits per heavy atom. The van der Waals surface area contributed by atoms with Crippen LogP contribution in [0.2, 0.25) is 0 Å². The van der Waals surface area contributed by atoms with Gasteiger partial charge in [-0.3, -0.25) is 10.1 Å². The molecule has 0 amide bonds. The molecule has 0 aromatic heterocycles. The largest absolute Gasteiger partial charge is 0.497 e. The third-order valence-corrected chi connectivity index (χ3v) is 4.15. The molecule has 2 aliphatic rings. The van der Waals surface area contributed by atoms with E-state index < -0.39 is 16.8 Å². The fourth-order valence-electron chi connectivity index (χ4n) is 3.08. The maximum Gasteiger partial charge on any atom is 0.352 e. The molecule has 24 heavy (non-hydrogen) atoms. The van der Waals surface area contributed by atoms with E-state index in [0.29, 0.717) is 17.9 Å². The lowest BCUT2D eigenvalue weighted by Crippen LogP contribution is -2.33. The second-order valence-corrected chi connectivity index (χ2v) is 5.75. The quantitative estimate of drug-likeness (QED) is 0.636. The van der Waals surface area contributed by atoms with Gasteiger partial charge in [-0.25, -0.2) is 4.79 Å². The maximum absolute atomic E-state index is 11.7. The number of carbonyl (C=O) groups is 1. The highest BCUT2D eigenvalue weighted by Crippen LogP contribution is 2.38. The number of aliphatic carboxylic acids is 1. The van der Waals surface area contributed by atoms with Crippen molar-refractivity contribution in [1.29, 1.82) is 0 Å². The number of benzene rings is 1. The Morgan fingerprint density at radius 2 is 2.08 bits per heavy atom. The van der Waals surface area contributed by atoms with Crippen LogP contribution in [0.4, 0.5) is 0 Å². The Bertz CT molecular complexity index is 753. The van der Waals surface area contributed by atoms with Crippen LogP contribution in [0.25, 0.3) is 0 Å². The van der Waals surface area contributed by atoms with E-state index in [1.807, 2.05) is 6.92 Å². The number of allylic oxidation sites excluding steroid dienone is 1. The highest BCUT2D eigenvalue weighted by atomic mass is 16.6. The molecule has 0 saturated carbocycles. The van der Waals surface area contributed by atoms with Gasteiger partial charge in [-0.15, -0.1) is 0 Å². The lowest BCUT2D eigenvalue weighted by atomic mass is 9.92. The zero-order chi connectivity index (χ0) is 17.4. The zero-order valence-corrected chi connectivity index (χ0v) is 13.2. The van der Waals surface area contributed by atoms with Gasteiger partial charge in [-0.05, 0) is 30.7 Å². The molecule has 0 spiro atoms. The Balaban J connectivity index is 2.13. The van der Waals surface area contributed by atoms with E-state index in [4.69, 9.17) is 4.74 Å². The molecule has 8 heteroatoms. The summed E-state index contributed by atoms with van der Waals surface area (Å²) in [5.41, 5.74) is 0.637. The van der Waals surface area contributed by atoms with Crippen molar-refractivity contribution in [3.63, 3.8) is 0 Å². The van der Waals surface area contributed by atoms with E-state index in [0.717, 1.165) is 0 Å². The summed E-state index contributed by atoms with van der Waals surface area (Å²) in [6.45, 7) is 2.23. The number of ether oxygens (including phenoxy) is 1. The first-order valence-corrected chi connectivity index (χ1v) is 7.44. The van der Waals surface area contributed by atoms with Crippen molar-refractivity contribution in [1.82, 2.24) is 10.2 Å². The van der Waals surface area contributed by atoms with Gasteiger partial charge in [0.15, 0.2) is 5.82 Å². The molecule has 1 fully saturated rings. The summed E-state index contributed by atoms with van der Waals surface area (Å²) < 4.78 is 5.10. The topological polar surface area (TPSA) is 105 Å². The minimum atomic E-state index is -1.11. The predicted molar refractivity (Wildman–Crippen MR) is 84.8 cm³/mol. The molecule has 3 rings (SSSR count). The maximum atomic E-state index is 11.7. The van der Waals surface area contributed by atoms with Gasteiger partial charge in [0.25, 0.3) is 5.70 Å². The highest BCUT2D eigenvalue weighted by Gasteiger charge is 2.43. The van der Waals surface area contributed by atoms with E-state index in [9.17, 15) is 20.0 Å². The van der Waals surface area contributed by atoms with Crippen LogP contribution in [0.3, 0.4) is 0 Å². The average Bonchev–Trinajstić information content (AvgIpc) is 2.93. The summed E-state index contributed by atoms with van der Waals surface area (Å²) in [5.74, 6) is -0.972. The highest BCUT2D eigenvalue weighted by molar-refractivity contribution is 5.87. The molecule has 1 aromatic rings. The minimum Gasteiger partial charge on any atom is -0.497 e. The minimum absolute atomic E-state index is 0.0467. The fraction of sp³-hybridized carbons (Fsp3) is 0.312. The molecule has 2 atom stereocenters. The number of hydrogen-bond donors (Lipinski definition) is 2. The molecule has 0 aliphatic carbocycles. The smallest absolute Gasteiger partial charge is 0.352 e. The van der Waals surface area contributed by atoms with E-state index in [2.05, 4.69) is 5.32 Å². The summed E-state index contributed by atoms with van der Waals surface area (Å²) in [6.07, 6.45) is 1.44. The van der Waals surface area contributed by atoms with Crippen LogP contribution in [0, 0.1) is 10.1 Å². The van der Waals surface area contributed by atoms with Crippen molar-refractivity contribution in [3.8, 4) is 5.75 Å². The Morgan fingerprint density at radius 3 is 2.62 bits per heavy atom. The number of nitrogens with one attached hydrogen (secondary N) is 1. The van der Waals surface area contributed by atoms with Crippen LogP contribution >= 0.6 is 0 Å². The molecule has 1 unspecified atom stereocenters. The van der Waals surface area contributed by atoms with Gasteiger partial charge in [-0.2, -0.15) is 0 Å². The summed E-state index contributed by atoms with van der Waals surface area (Å²) in [5, 5.41) is 24.2. The SMILES string of the molecule is COc1ccc(C2C=C(C(=O)O)N3C[C@H](C)NC3=C2[N+](=O)[O-])cc1. The van der Waals surface area contributed by atoms with Crippen LogP contribution in [-0.4, -0.2) is 40.6 Å². The molecule has 2 N–H and O–H groups in total. The summed E-state index contributed by atoms with van der Waals surface area (Å²) in [4.78, 5) is 24.3. The molecular formula is C16H17N3O5. The molecular weight excluding hydrogens is 314 g/mol. The number of nitrogens with zero attached hydrogens (tertiary/aromatic N) is 2.